The molecule has 2 aliphatic heterocycles. The fraction of sp³-hybridized carbons (Fsp3) is 0.171. The molecule has 0 bridgehead atoms. The smallest absolute Gasteiger partial charge is 0.328 e. The number of likely N-dealkylation sites (tertiary alicyclic amines) is 1. The van der Waals surface area contributed by atoms with Crippen LogP contribution < -0.4 is 4.74 Å². The molecule has 1 fully saturated rings. The molecular weight excluding hydrogens is 727 g/mol. The number of ether oxygens (including phenoxy) is 2. The summed E-state index contributed by atoms with van der Waals surface area (Å²) >= 11 is 6.20. The van der Waals surface area contributed by atoms with Crippen molar-refractivity contribution in [1.29, 1.82) is 0 Å². The van der Waals surface area contributed by atoms with Gasteiger partial charge in [-0.05, 0) is 59.7 Å². The zero-order chi connectivity index (χ0) is 38.2. The Kier molecular flexibility index (Phi) is 9.45. The van der Waals surface area contributed by atoms with Crippen LogP contribution in [0.3, 0.4) is 0 Å². The summed E-state index contributed by atoms with van der Waals surface area (Å²) in [4.78, 5) is 54.6. The van der Waals surface area contributed by atoms with E-state index in [1.54, 1.807) is 35.0 Å². The number of benzene rings is 4. The van der Waals surface area contributed by atoms with Crippen molar-refractivity contribution < 1.29 is 33.0 Å². The van der Waals surface area contributed by atoms with Gasteiger partial charge in [0.25, 0.3) is 17.7 Å². The summed E-state index contributed by atoms with van der Waals surface area (Å²) < 4.78 is 28.2. The summed E-state index contributed by atoms with van der Waals surface area (Å²) in [5.74, 6) is -1.55. The van der Waals surface area contributed by atoms with Gasteiger partial charge in [-0.2, -0.15) is 10.2 Å². The number of halogens is 2. The van der Waals surface area contributed by atoms with Gasteiger partial charge in [0.15, 0.2) is 0 Å². The number of esters is 1. The molecule has 55 heavy (non-hydrogen) atoms. The molecule has 1 saturated heterocycles. The molecule has 0 saturated carbocycles. The van der Waals surface area contributed by atoms with E-state index in [1.165, 1.54) is 46.1 Å². The lowest BCUT2D eigenvalue weighted by Crippen LogP contribution is -2.41. The van der Waals surface area contributed by atoms with Crippen molar-refractivity contribution in [3.05, 3.63) is 143 Å². The minimum Gasteiger partial charge on any atom is -0.488 e. The Morgan fingerprint density at radius 2 is 1.65 bits per heavy atom. The number of fused-ring (bicyclic) bond motifs is 2. The van der Waals surface area contributed by atoms with Crippen LogP contribution in [0.5, 0.6) is 5.75 Å². The van der Waals surface area contributed by atoms with Crippen molar-refractivity contribution in [3.8, 4) is 22.6 Å². The standard InChI is InChI=1S/C41H32ClFN6O6/c1-54-41(53)37-20-29(23-48(37)38(50)26-21-44-49(22-26)36-15-14-27(43)19-34(36)42)55-28-9-6-8-25(18-28)30-12-7-13-35-33(30)24-46(45-35)16-4-5-17-47-39(51)31-10-2-3-11-32(31)40(47)52/h2-15,18-19,21-22,24,29,37H,16-17,20,23H2,1H3/b5-4+/t29-,37-/m0/s1. The molecule has 12 nitrogen and oxygen atoms in total. The molecule has 4 aromatic carbocycles. The summed E-state index contributed by atoms with van der Waals surface area (Å²) in [5.41, 5.74) is 4.04. The molecule has 2 atom stereocenters. The van der Waals surface area contributed by atoms with Crippen LogP contribution in [0.25, 0.3) is 27.7 Å². The van der Waals surface area contributed by atoms with Gasteiger partial charge < -0.3 is 14.4 Å². The molecule has 8 rings (SSSR count). The van der Waals surface area contributed by atoms with E-state index in [2.05, 4.69) is 5.10 Å². The Balaban J connectivity index is 0.952. The van der Waals surface area contributed by atoms with E-state index in [4.69, 9.17) is 26.2 Å². The zero-order valence-electron chi connectivity index (χ0n) is 29.3. The third kappa shape index (κ3) is 6.85. The van der Waals surface area contributed by atoms with Crippen molar-refractivity contribution in [2.75, 3.05) is 20.2 Å². The molecule has 0 radical (unpaired) electrons. The van der Waals surface area contributed by atoms with Crippen LogP contribution in [-0.2, 0) is 16.1 Å². The minimum absolute atomic E-state index is 0.119. The maximum absolute atomic E-state index is 13.7. The molecule has 14 heteroatoms. The van der Waals surface area contributed by atoms with E-state index in [-0.39, 0.29) is 41.9 Å². The highest BCUT2D eigenvalue weighted by atomic mass is 35.5. The Morgan fingerprint density at radius 1 is 0.909 bits per heavy atom. The van der Waals surface area contributed by atoms with Crippen LogP contribution in [0.1, 0.15) is 37.5 Å². The Hall–Kier alpha value is -6.60. The summed E-state index contributed by atoms with van der Waals surface area (Å²) in [5, 5.41) is 10.0. The lowest BCUT2D eigenvalue weighted by Gasteiger charge is -2.21. The lowest BCUT2D eigenvalue weighted by atomic mass is 10.0. The quantitative estimate of drug-likeness (QED) is 0.0896. The first-order chi connectivity index (χ1) is 26.7. The Morgan fingerprint density at radius 3 is 2.42 bits per heavy atom. The number of amides is 3. The Bertz CT molecular complexity index is 2490. The fourth-order valence-electron chi connectivity index (χ4n) is 7.00. The molecule has 3 amide bonds. The van der Waals surface area contributed by atoms with Crippen molar-refractivity contribution >= 4 is 46.2 Å². The van der Waals surface area contributed by atoms with Gasteiger partial charge in [-0.1, -0.05) is 60.2 Å². The molecular formula is C41H32ClFN6O6. The first-order valence-electron chi connectivity index (χ1n) is 17.4. The van der Waals surface area contributed by atoms with E-state index in [9.17, 15) is 23.6 Å². The van der Waals surface area contributed by atoms with E-state index in [0.717, 1.165) is 28.1 Å². The number of nitrogens with zero attached hydrogens (tertiary/aromatic N) is 6. The van der Waals surface area contributed by atoms with Gasteiger partial charge in [0.1, 0.15) is 23.7 Å². The van der Waals surface area contributed by atoms with Crippen LogP contribution in [0, 0.1) is 5.82 Å². The van der Waals surface area contributed by atoms with Gasteiger partial charge in [-0.3, -0.25) is 24.0 Å². The molecule has 2 aliphatic rings. The number of imide groups is 1. The van der Waals surface area contributed by atoms with Gasteiger partial charge in [-0.25, -0.2) is 13.9 Å². The molecule has 6 aromatic rings. The van der Waals surface area contributed by atoms with E-state index in [1.807, 2.05) is 54.7 Å². The second-order valence-corrected chi connectivity index (χ2v) is 13.5. The van der Waals surface area contributed by atoms with Gasteiger partial charge in [0, 0.05) is 30.7 Å². The molecule has 0 unspecified atom stereocenters. The molecule has 0 aliphatic carbocycles. The number of hydrogen-bond donors (Lipinski definition) is 0. The predicted octanol–water partition coefficient (Wildman–Crippen LogP) is 6.37. The second kappa shape index (κ2) is 14.7. The normalized spacial score (nSPS) is 16.7. The van der Waals surface area contributed by atoms with Crippen molar-refractivity contribution in [1.82, 2.24) is 29.4 Å². The number of hydrogen-bond acceptors (Lipinski definition) is 8. The SMILES string of the molecule is COC(=O)[C@@H]1C[C@H](Oc2cccc(-c3cccc4nn(C/C=C/CN5C(=O)c6ccccc6C5=O)cc34)c2)CN1C(=O)c1cnn(-c2ccc(F)cc2Cl)c1. The average Bonchev–Trinajstić information content (AvgIpc) is 3.99. The maximum Gasteiger partial charge on any atom is 0.328 e. The van der Waals surface area contributed by atoms with E-state index < -0.39 is 29.8 Å². The number of carbonyl (C=O) groups is 4. The largest absolute Gasteiger partial charge is 0.488 e. The lowest BCUT2D eigenvalue weighted by molar-refractivity contribution is -0.145. The highest BCUT2D eigenvalue weighted by Gasteiger charge is 2.42. The molecule has 276 valence electrons. The summed E-state index contributed by atoms with van der Waals surface area (Å²) in [7, 11) is 1.27. The van der Waals surface area contributed by atoms with E-state index >= 15 is 0 Å². The molecule has 0 N–H and O–H groups in total. The van der Waals surface area contributed by atoms with Crippen molar-refractivity contribution in [2.24, 2.45) is 0 Å². The number of rotatable bonds is 10. The summed E-state index contributed by atoms with van der Waals surface area (Å²) in [6, 6.07) is 23.2. The van der Waals surface area contributed by atoms with Crippen molar-refractivity contribution in [3.63, 3.8) is 0 Å². The third-order valence-electron chi connectivity index (χ3n) is 9.65. The monoisotopic (exact) mass is 758 g/mol. The number of allylic oxidation sites excluding steroid dienone is 1. The first-order valence-corrected chi connectivity index (χ1v) is 17.8. The topological polar surface area (TPSA) is 129 Å². The number of aromatic nitrogens is 4. The highest BCUT2D eigenvalue weighted by molar-refractivity contribution is 6.32. The minimum atomic E-state index is -0.885. The van der Waals surface area contributed by atoms with E-state index in [0.29, 0.717) is 29.1 Å². The molecule has 4 heterocycles. The van der Waals surface area contributed by atoms with Gasteiger partial charge in [-0.15, -0.1) is 0 Å². The summed E-state index contributed by atoms with van der Waals surface area (Å²) in [6.45, 7) is 0.712. The second-order valence-electron chi connectivity index (χ2n) is 13.1. The zero-order valence-corrected chi connectivity index (χ0v) is 30.1. The number of methoxy groups -OCH3 is 1. The third-order valence-corrected chi connectivity index (χ3v) is 9.96. The highest BCUT2D eigenvalue weighted by Crippen LogP contribution is 2.33. The van der Waals surface area contributed by atoms with Crippen LogP contribution in [0.15, 0.2) is 116 Å². The van der Waals surface area contributed by atoms with Crippen LogP contribution in [0.2, 0.25) is 5.02 Å². The van der Waals surface area contributed by atoms with Crippen LogP contribution >= 0.6 is 11.6 Å². The molecule has 2 aromatic heterocycles. The van der Waals surface area contributed by atoms with Crippen molar-refractivity contribution in [2.45, 2.75) is 25.1 Å². The summed E-state index contributed by atoms with van der Waals surface area (Å²) in [6.07, 6.45) is 8.14. The molecule has 0 spiro atoms. The van der Waals surface area contributed by atoms with Crippen LogP contribution in [0.4, 0.5) is 4.39 Å². The van der Waals surface area contributed by atoms with Crippen LogP contribution in [-0.4, -0.2) is 85.4 Å². The Labute approximate surface area is 318 Å². The van der Waals surface area contributed by atoms with Gasteiger partial charge >= 0.3 is 5.97 Å². The maximum atomic E-state index is 13.7. The first kappa shape index (κ1) is 35.4. The fourth-order valence-corrected chi connectivity index (χ4v) is 7.25. The van der Waals surface area contributed by atoms with Gasteiger partial charge in [0.05, 0.1) is 59.3 Å². The number of carbonyl (C=O) groups excluding carboxylic acids is 4. The average molecular weight is 759 g/mol. The van der Waals surface area contributed by atoms with Gasteiger partial charge in [0.2, 0.25) is 0 Å². The predicted molar refractivity (Wildman–Crippen MR) is 201 cm³/mol.